The highest BCUT2D eigenvalue weighted by molar-refractivity contribution is 6.31. The first-order valence-electron chi connectivity index (χ1n) is 14.3. The second-order valence-electron chi connectivity index (χ2n) is 11.4. The Morgan fingerprint density at radius 2 is 1.75 bits per heavy atom. The van der Waals surface area contributed by atoms with Gasteiger partial charge in [-0.1, -0.05) is 35.9 Å². The van der Waals surface area contributed by atoms with Gasteiger partial charge in [0.05, 0.1) is 16.4 Å². The lowest BCUT2D eigenvalue weighted by atomic mass is 9.89. The van der Waals surface area contributed by atoms with Crippen LogP contribution in [0.5, 0.6) is 0 Å². The Kier molecular flexibility index (Phi) is 6.70. The van der Waals surface area contributed by atoms with E-state index in [9.17, 15) is 0 Å². The molecule has 0 radical (unpaired) electrons. The highest BCUT2D eigenvalue weighted by atomic mass is 35.5. The van der Waals surface area contributed by atoms with Crippen molar-refractivity contribution in [2.75, 3.05) is 39.0 Å². The molecule has 206 valence electrons. The molecule has 7 rings (SSSR count). The Bertz CT molecular complexity index is 1660. The van der Waals surface area contributed by atoms with Crippen LogP contribution >= 0.6 is 11.6 Å². The monoisotopic (exact) mass is 554 g/mol. The van der Waals surface area contributed by atoms with Crippen LogP contribution in [-0.2, 0) is 6.42 Å². The first kappa shape index (κ1) is 25.5. The summed E-state index contributed by atoms with van der Waals surface area (Å²) in [5, 5.41) is 1.68. The first-order chi connectivity index (χ1) is 19.5. The molecule has 4 heterocycles. The fraction of sp³-hybridized carbons (Fsp3) is 0.387. The summed E-state index contributed by atoms with van der Waals surface area (Å²) in [4.78, 5) is 22.5. The van der Waals surface area contributed by atoms with Crippen molar-refractivity contribution in [1.29, 1.82) is 0 Å². The van der Waals surface area contributed by atoms with Crippen LogP contribution in [0, 0.1) is 0 Å². The number of hydrogen-bond donors (Lipinski definition) is 2. The highest BCUT2D eigenvalue weighted by Crippen LogP contribution is 2.39. The molecule has 0 amide bonds. The summed E-state index contributed by atoms with van der Waals surface area (Å²) in [6.07, 6.45) is 9.23. The number of nitrogen functional groups attached to an aromatic ring is 1. The number of imidazole rings is 1. The van der Waals surface area contributed by atoms with Crippen LogP contribution in [0.25, 0.3) is 33.2 Å². The summed E-state index contributed by atoms with van der Waals surface area (Å²) in [6, 6.07) is 15.4. The summed E-state index contributed by atoms with van der Waals surface area (Å²) in [5.41, 5.74) is 12.5. The molecule has 1 aliphatic carbocycles. The topological polar surface area (TPSA) is 91.9 Å². The van der Waals surface area contributed by atoms with Crippen molar-refractivity contribution in [1.82, 2.24) is 34.3 Å². The molecule has 3 N–H and O–H groups in total. The number of hydrogen-bond acceptors (Lipinski definition) is 6. The van der Waals surface area contributed by atoms with Gasteiger partial charge in [-0.15, -0.1) is 0 Å². The number of nitrogens with two attached hydrogens (primary N) is 1. The molecule has 2 fully saturated rings. The number of aromatic nitrogens is 5. The lowest BCUT2D eigenvalue weighted by Gasteiger charge is -2.41. The zero-order valence-corrected chi connectivity index (χ0v) is 23.6. The molecule has 1 aliphatic heterocycles. The van der Waals surface area contributed by atoms with Crippen molar-refractivity contribution in [2.24, 2.45) is 0 Å². The minimum atomic E-state index is 0.410. The van der Waals surface area contributed by atoms with Gasteiger partial charge in [-0.2, -0.15) is 0 Å². The maximum Gasteiger partial charge on any atom is 0.146 e. The van der Waals surface area contributed by atoms with Gasteiger partial charge in [-0.05, 0) is 62.1 Å². The predicted molar refractivity (Wildman–Crippen MR) is 162 cm³/mol. The van der Waals surface area contributed by atoms with Crippen LogP contribution in [0.4, 0.5) is 5.82 Å². The second-order valence-corrected chi connectivity index (χ2v) is 11.8. The van der Waals surface area contributed by atoms with Crippen molar-refractivity contribution in [2.45, 2.75) is 44.2 Å². The average molecular weight is 555 g/mol. The van der Waals surface area contributed by atoms with E-state index in [0.29, 0.717) is 24.3 Å². The number of nitrogens with zero attached hydrogens (tertiary/aromatic N) is 6. The fourth-order valence-corrected chi connectivity index (χ4v) is 6.83. The maximum absolute atomic E-state index is 6.48. The summed E-state index contributed by atoms with van der Waals surface area (Å²) < 4.78 is 2.36. The van der Waals surface area contributed by atoms with Crippen LogP contribution in [0.1, 0.15) is 43.1 Å². The van der Waals surface area contributed by atoms with Crippen LogP contribution in [-0.4, -0.2) is 73.6 Å². The molecular formula is C31H35ClN8. The van der Waals surface area contributed by atoms with Gasteiger partial charge < -0.3 is 20.2 Å². The number of anilines is 1. The minimum Gasteiger partial charge on any atom is -0.383 e. The van der Waals surface area contributed by atoms with E-state index < -0.39 is 0 Å². The number of rotatable bonds is 5. The van der Waals surface area contributed by atoms with Crippen molar-refractivity contribution in [3.63, 3.8) is 0 Å². The Balaban J connectivity index is 1.17. The molecular weight excluding hydrogens is 520 g/mol. The number of nitrogens with one attached hydrogen (secondary N) is 1. The number of aromatic amines is 1. The van der Waals surface area contributed by atoms with Gasteiger partial charge in [0.1, 0.15) is 23.6 Å². The van der Waals surface area contributed by atoms with Crippen LogP contribution in [0.2, 0.25) is 5.02 Å². The largest absolute Gasteiger partial charge is 0.383 e. The van der Waals surface area contributed by atoms with Crippen molar-refractivity contribution < 1.29 is 0 Å². The SMILES string of the molecule is CN1CCN([C@H]2CC[C@@H](n3cc(-c4ccc5nc(Cc6ccccc6Cl)[nH]c5c4)c4c(N)ncnc43)CC2)CC1. The molecule has 8 nitrogen and oxygen atoms in total. The number of benzene rings is 2. The number of fused-ring (bicyclic) bond motifs is 2. The van der Waals surface area contributed by atoms with Gasteiger partial charge >= 0.3 is 0 Å². The summed E-state index contributed by atoms with van der Waals surface area (Å²) in [6.45, 7) is 4.71. The molecule has 3 aromatic heterocycles. The van der Waals surface area contributed by atoms with E-state index in [1.165, 1.54) is 39.0 Å². The third-order valence-electron chi connectivity index (χ3n) is 8.91. The molecule has 1 saturated carbocycles. The van der Waals surface area contributed by atoms with Gasteiger partial charge in [0.15, 0.2) is 0 Å². The van der Waals surface area contributed by atoms with Crippen molar-refractivity contribution >= 4 is 39.5 Å². The zero-order chi connectivity index (χ0) is 27.2. The van der Waals surface area contributed by atoms with Crippen LogP contribution in [0.15, 0.2) is 55.0 Å². The normalized spacial score (nSPS) is 20.9. The van der Waals surface area contributed by atoms with E-state index >= 15 is 0 Å². The van der Waals surface area contributed by atoms with E-state index in [4.69, 9.17) is 27.3 Å². The molecule has 2 aromatic carbocycles. The molecule has 1 saturated heterocycles. The molecule has 5 aromatic rings. The molecule has 9 heteroatoms. The first-order valence-corrected chi connectivity index (χ1v) is 14.7. The number of halogens is 1. The molecule has 0 atom stereocenters. The predicted octanol–water partition coefficient (Wildman–Crippen LogP) is 5.53. The lowest BCUT2D eigenvalue weighted by molar-refractivity contribution is 0.0828. The second kappa shape index (κ2) is 10.5. The van der Waals surface area contributed by atoms with Gasteiger partial charge in [0.25, 0.3) is 0 Å². The maximum atomic E-state index is 6.48. The minimum absolute atomic E-state index is 0.410. The summed E-state index contributed by atoms with van der Waals surface area (Å²) in [7, 11) is 2.22. The average Bonchev–Trinajstić information content (AvgIpc) is 3.56. The molecule has 2 aliphatic rings. The summed E-state index contributed by atoms with van der Waals surface area (Å²) >= 11 is 6.40. The summed E-state index contributed by atoms with van der Waals surface area (Å²) in [5.74, 6) is 1.41. The van der Waals surface area contributed by atoms with E-state index in [1.807, 2.05) is 24.3 Å². The van der Waals surface area contributed by atoms with Gasteiger partial charge in [-0.25, -0.2) is 15.0 Å². The van der Waals surface area contributed by atoms with Crippen molar-refractivity contribution in [3.8, 4) is 11.1 Å². The van der Waals surface area contributed by atoms with Crippen LogP contribution in [0.3, 0.4) is 0 Å². The Morgan fingerprint density at radius 1 is 0.975 bits per heavy atom. The van der Waals surface area contributed by atoms with E-state index in [-0.39, 0.29) is 0 Å². The number of likely N-dealkylation sites (N-methyl/N-ethyl adjacent to an activating group) is 1. The molecule has 40 heavy (non-hydrogen) atoms. The van der Waals surface area contributed by atoms with Gasteiger partial charge in [-0.3, -0.25) is 4.90 Å². The Labute approximate surface area is 239 Å². The van der Waals surface area contributed by atoms with E-state index in [2.05, 4.69) is 55.8 Å². The smallest absolute Gasteiger partial charge is 0.146 e. The van der Waals surface area contributed by atoms with E-state index in [0.717, 1.165) is 62.4 Å². The van der Waals surface area contributed by atoms with E-state index in [1.54, 1.807) is 6.33 Å². The fourth-order valence-electron chi connectivity index (χ4n) is 6.63. The zero-order valence-electron chi connectivity index (χ0n) is 22.9. The van der Waals surface area contributed by atoms with Crippen molar-refractivity contribution in [3.05, 3.63) is 71.4 Å². The number of H-pyrrole nitrogens is 1. The highest BCUT2D eigenvalue weighted by Gasteiger charge is 2.30. The molecule has 0 bridgehead atoms. The van der Waals surface area contributed by atoms with Gasteiger partial charge in [0, 0.05) is 61.5 Å². The standard InChI is InChI=1S/C31H35ClN8/c1-38-12-14-39(15-13-38)22-7-9-23(10-8-22)40-18-24(29-30(33)34-19-35-31(29)40)20-6-11-26-27(16-20)37-28(36-26)17-21-4-2-3-5-25(21)32/h2-6,11,16,18-19,22-23H,7-10,12-15,17H2,1H3,(H,36,37)(H2,33,34,35)/t22-,23+. The number of piperazine rings is 1. The Hall–Kier alpha value is -3.46. The Morgan fingerprint density at radius 3 is 2.55 bits per heavy atom. The quantitative estimate of drug-likeness (QED) is 0.297. The third kappa shape index (κ3) is 4.74. The van der Waals surface area contributed by atoms with Crippen LogP contribution < -0.4 is 5.73 Å². The lowest BCUT2D eigenvalue weighted by Crippen LogP contribution is -2.49. The third-order valence-corrected chi connectivity index (χ3v) is 9.28. The molecule has 0 unspecified atom stereocenters. The molecule has 0 spiro atoms. The van der Waals surface area contributed by atoms with Gasteiger partial charge in [0.2, 0.25) is 0 Å².